The maximum atomic E-state index is 12.3. The van der Waals surface area contributed by atoms with Crippen molar-refractivity contribution in [2.45, 2.75) is 20.3 Å². The molecule has 1 aliphatic heterocycles. The van der Waals surface area contributed by atoms with E-state index in [-0.39, 0.29) is 24.2 Å². The van der Waals surface area contributed by atoms with Gasteiger partial charge in [0.1, 0.15) is 0 Å². The first-order valence-electron chi connectivity index (χ1n) is 8.29. The van der Waals surface area contributed by atoms with Crippen LogP contribution in [0.4, 0.5) is 5.69 Å². The minimum atomic E-state index is -0.385. The Morgan fingerprint density at radius 3 is 2.32 bits per heavy atom. The fraction of sp³-hybridized carbons (Fsp3) is 0.250. The summed E-state index contributed by atoms with van der Waals surface area (Å²) < 4.78 is 0. The van der Waals surface area contributed by atoms with E-state index in [0.29, 0.717) is 6.54 Å². The molecule has 1 heterocycles. The average molecular weight is 335 g/mol. The Labute approximate surface area is 147 Å². The first-order chi connectivity index (χ1) is 12.0. The number of carbonyl (C=O) groups excluding carboxylic acids is 2. The monoisotopic (exact) mass is 335 g/mol. The van der Waals surface area contributed by atoms with Gasteiger partial charge in [-0.1, -0.05) is 47.5 Å². The maximum Gasteiger partial charge on any atom is 0.245 e. The van der Waals surface area contributed by atoms with Crippen LogP contribution in [0, 0.1) is 19.8 Å². The Bertz CT molecular complexity index is 795. The van der Waals surface area contributed by atoms with Crippen LogP contribution in [0.3, 0.4) is 0 Å². The summed E-state index contributed by atoms with van der Waals surface area (Å²) in [5.41, 5.74) is 6.58. The third kappa shape index (κ3) is 4.12. The molecule has 1 aliphatic rings. The number of nitrogens with one attached hydrogen (secondary N) is 1. The molecule has 3 rings (SSSR count). The molecule has 0 radical (unpaired) electrons. The van der Waals surface area contributed by atoms with Crippen LogP contribution in [0.1, 0.15) is 23.1 Å². The number of rotatable bonds is 4. The van der Waals surface area contributed by atoms with Crippen molar-refractivity contribution in [3.63, 3.8) is 0 Å². The van der Waals surface area contributed by atoms with E-state index in [1.807, 2.05) is 62.4 Å². The van der Waals surface area contributed by atoms with Gasteiger partial charge in [-0.15, -0.1) is 0 Å². The predicted molar refractivity (Wildman–Crippen MR) is 98.6 cm³/mol. The average Bonchev–Trinajstić information content (AvgIpc) is 2.99. The highest BCUT2D eigenvalue weighted by atomic mass is 16.2. The third-order valence-corrected chi connectivity index (χ3v) is 4.31. The molecule has 2 aromatic carbocycles. The van der Waals surface area contributed by atoms with Gasteiger partial charge in [-0.05, 0) is 31.5 Å². The lowest BCUT2D eigenvalue weighted by atomic mass is 10.1. The molecule has 1 saturated heterocycles. The van der Waals surface area contributed by atoms with Gasteiger partial charge in [0.05, 0.1) is 12.1 Å². The summed E-state index contributed by atoms with van der Waals surface area (Å²) in [4.78, 5) is 26.1. The highest BCUT2D eigenvalue weighted by molar-refractivity contribution is 6.00. The van der Waals surface area contributed by atoms with Gasteiger partial charge >= 0.3 is 0 Å². The van der Waals surface area contributed by atoms with Crippen molar-refractivity contribution in [3.05, 3.63) is 65.2 Å². The minimum absolute atomic E-state index is 0.0356. The fourth-order valence-corrected chi connectivity index (χ4v) is 2.77. The zero-order valence-corrected chi connectivity index (χ0v) is 14.4. The number of aryl methyl sites for hydroxylation is 2. The lowest BCUT2D eigenvalue weighted by molar-refractivity contribution is -0.126. The molecule has 2 amide bonds. The van der Waals surface area contributed by atoms with Gasteiger partial charge < -0.3 is 4.90 Å². The minimum Gasteiger partial charge on any atom is -0.312 e. The van der Waals surface area contributed by atoms with Crippen LogP contribution in [-0.2, 0) is 9.59 Å². The summed E-state index contributed by atoms with van der Waals surface area (Å²) in [6.07, 6.45) is 1.81. The zero-order valence-electron chi connectivity index (χ0n) is 14.4. The van der Waals surface area contributed by atoms with Gasteiger partial charge in [-0.3, -0.25) is 9.59 Å². The van der Waals surface area contributed by atoms with Crippen LogP contribution in [-0.4, -0.2) is 24.6 Å². The van der Waals surface area contributed by atoms with Gasteiger partial charge in [0, 0.05) is 18.7 Å². The number of hydrogen-bond acceptors (Lipinski definition) is 3. The first kappa shape index (κ1) is 16.9. The topological polar surface area (TPSA) is 61.8 Å². The summed E-state index contributed by atoms with van der Waals surface area (Å²) >= 11 is 0. The van der Waals surface area contributed by atoms with Crippen LogP contribution >= 0.6 is 0 Å². The molecular weight excluding hydrogens is 314 g/mol. The van der Waals surface area contributed by atoms with Crippen LogP contribution in [0.5, 0.6) is 0 Å². The lowest BCUT2D eigenvalue weighted by Gasteiger charge is -2.16. The van der Waals surface area contributed by atoms with Crippen LogP contribution in [0.2, 0.25) is 0 Å². The zero-order chi connectivity index (χ0) is 17.8. The standard InChI is InChI=1S/C20H21N3O2/c1-14-3-7-16(8-4-14)12-21-22-20(25)17-11-19(24)23(13-17)18-9-5-15(2)6-10-18/h3-10,12,17H,11,13H2,1-2H3,(H,22,25)/b21-12-/t17-/m0/s1. The second-order valence-corrected chi connectivity index (χ2v) is 6.39. The van der Waals surface area contributed by atoms with E-state index in [1.165, 1.54) is 5.56 Å². The van der Waals surface area contributed by atoms with E-state index in [0.717, 1.165) is 16.8 Å². The van der Waals surface area contributed by atoms with E-state index >= 15 is 0 Å². The van der Waals surface area contributed by atoms with Crippen molar-refractivity contribution in [1.29, 1.82) is 0 Å². The molecule has 1 fully saturated rings. The van der Waals surface area contributed by atoms with Gasteiger partial charge in [-0.25, -0.2) is 5.43 Å². The third-order valence-electron chi connectivity index (χ3n) is 4.31. The quantitative estimate of drug-likeness (QED) is 0.690. The molecule has 5 heteroatoms. The largest absolute Gasteiger partial charge is 0.312 e. The Kier molecular flexibility index (Phi) is 4.93. The fourth-order valence-electron chi connectivity index (χ4n) is 2.77. The van der Waals surface area contributed by atoms with Gasteiger partial charge in [0.2, 0.25) is 11.8 Å². The summed E-state index contributed by atoms with van der Waals surface area (Å²) in [6, 6.07) is 15.6. The predicted octanol–water partition coefficient (Wildman–Crippen LogP) is 2.81. The molecule has 0 aromatic heterocycles. The summed E-state index contributed by atoms with van der Waals surface area (Å²) in [6.45, 7) is 4.39. The lowest BCUT2D eigenvalue weighted by Crippen LogP contribution is -2.30. The molecule has 1 atom stereocenters. The smallest absolute Gasteiger partial charge is 0.245 e. The van der Waals surface area contributed by atoms with Crippen molar-refractivity contribution in [3.8, 4) is 0 Å². The second kappa shape index (κ2) is 7.30. The Hall–Kier alpha value is -2.95. The number of hydrazone groups is 1. The summed E-state index contributed by atoms with van der Waals surface area (Å²) in [5.74, 6) is -0.651. The number of anilines is 1. The van der Waals surface area contributed by atoms with E-state index in [4.69, 9.17) is 0 Å². The number of carbonyl (C=O) groups is 2. The van der Waals surface area contributed by atoms with Gasteiger partial charge in [0.15, 0.2) is 0 Å². The highest BCUT2D eigenvalue weighted by Gasteiger charge is 2.35. The molecule has 0 saturated carbocycles. The Morgan fingerprint density at radius 2 is 1.68 bits per heavy atom. The molecule has 0 bridgehead atoms. The highest BCUT2D eigenvalue weighted by Crippen LogP contribution is 2.25. The van der Waals surface area contributed by atoms with E-state index in [9.17, 15) is 9.59 Å². The number of amides is 2. The van der Waals surface area contributed by atoms with Crippen molar-refractivity contribution < 1.29 is 9.59 Å². The molecule has 0 spiro atoms. The van der Waals surface area contributed by atoms with Crippen LogP contribution < -0.4 is 10.3 Å². The van der Waals surface area contributed by atoms with Crippen molar-refractivity contribution in [1.82, 2.24) is 5.43 Å². The van der Waals surface area contributed by atoms with Gasteiger partial charge in [0.25, 0.3) is 0 Å². The van der Waals surface area contributed by atoms with Crippen molar-refractivity contribution in [2.75, 3.05) is 11.4 Å². The molecule has 25 heavy (non-hydrogen) atoms. The molecule has 5 nitrogen and oxygen atoms in total. The number of benzene rings is 2. The van der Waals surface area contributed by atoms with E-state index in [2.05, 4.69) is 10.5 Å². The number of hydrogen-bond donors (Lipinski definition) is 1. The Morgan fingerprint density at radius 1 is 1.08 bits per heavy atom. The van der Waals surface area contributed by atoms with Gasteiger partial charge in [-0.2, -0.15) is 5.10 Å². The van der Waals surface area contributed by atoms with Crippen molar-refractivity contribution in [2.24, 2.45) is 11.0 Å². The Balaban J connectivity index is 1.59. The molecule has 2 aromatic rings. The second-order valence-electron chi connectivity index (χ2n) is 6.39. The summed E-state index contributed by atoms with van der Waals surface area (Å²) in [7, 11) is 0. The van der Waals surface area contributed by atoms with E-state index in [1.54, 1.807) is 11.1 Å². The molecule has 0 aliphatic carbocycles. The molecular formula is C20H21N3O2. The first-order valence-corrected chi connectivity index (χ1v) is 8.29. The van der Waals surface area contributed by atoms with Crippen molar-refractivity contribution >= 4 is 23.7 Å². The van der Waals surface area contributed by atoms with Crippen LogP contribution in [0.25, 0.3) is 0 Å². The maximum absolute atomic E-state index is 12.3. The molecule has 0 unspecified atom stereocenters. The summed E-state index contributed by atoms with van der Waals surface area (Å²) in [5, 5.41) is 4.00. The SMILES string of the molecule is Cc1ccc(/C=N\NC(=O)[C@H]2CC(=O)N(c3ccc(C)cc3)C2)cc1. The molecule has 128 valence electrons. The molecule has 1 N–H and O–H groups in total. The van der Waals surface area contributed by atoms with Crippen LogP contribution in [0.15, 0.2) is 53.6 Å². The van der Waals surface area contributed by atoms with E-state index < -0.39 is 0 Å². The number of nitrogens with zero attached hydrogens (tertiary/aromatic N) is 2. The normalized spacial score (nSPS) is 17.3.